The summed E-state index contributed by atoms with van der Waals surface area (Å²) in [4.78, 5) is 15.7. The van der Waals surface area contributed by atoms with Gasteiger partial charge in [-0.05, 0) is 36.0 Å². The number of aromatic amines is 1. The van der Waals surface area contributed by atoms with Crippen LogP contribution in [-0.2, 0) is 12.4 Å². The number of nitrogens with one attached hydrogen (secondary N) is 1. The molecule has 0 spiro atoms. The van der Waals surface area contributed by atoms with Gasteiger partial charge < -0.3 is 0 Å². The maximum atomic E-state index is 13.4. The Labute approximate surface area is 171 Å². The molecule has 2 aromatic heterocycles. The third-order valence-electron chi connectivity index (χ3n) is 3.49. The zero-order valence-corrected chi connectivity index (χ0v) is 15.9. The van der Waals surface area contributed by atoms with Crippen molar-refractivity contribution in [1.29, 1.82) is 0 Å². The van der Waals surface area contributed by atoms with E-state index in [4.69, 9.17) is 23.2 Å². The number of alkyl halides is 6. The van der Waals surface area contributed by atoms with E-state index < -0.39 is 34.9 Å². The van der Waals surface area contributed by atoms with E-state index in [1.165, 1.54) is 0 Å². The van der Waals surface area contributed by atoms with Crippen LogP contribution in [0.5, 0.6) is 0 Å². The maximum Gasteiger partial charge on any atom is 0.418 e. The molecule has 0 amide bonds. The van der Waals surface area contributed by atoms with Gasteiger partial charge in [-0.2, -0.15) is 26.3 Å². The van der Waals surface area contributed by atoms with Crippen LogP contribution >= 0.6 is 35.0 Å². The molecule has 0 unspecified atom stereocenters. The second-order valence-electron chi connectivity index (χ2n) is 5.41. The highest BCUT2D eigenvalue weighted by Crippen LogP contribution is 2.39. The van der Waals surface area contributed by atoms with Crippen molar-refractivity contribution in [2.24, 2.45) is 0 Å². The highest BCUT2D eigenvalue weighted by atomic mass is 35.5. The minimum Gasteiger partial charge on any atom is -0.249 e. The van der Waals surface area contributed by atoms with Gasteiger partial charge in [-0.3, -0.25) is 0 Å². The van der Waals surface area contributed by atoms with Crippen LogP contribution in [0.15, 0.2) is 45.4 Å². The summed E-state index contributed by atoms with van der Waals surface area (Å²) in [6.45, 7) is 0. The van der Waals surface area contributed by atoms with Crippen LogP contribution in [0.3, 0.4) is 0 Å². The standard InChI is InChI=1S/C15H6Cl2F6N4OS/c16-8-3-7(15(21,22)23)10(4-9(8)17)27-12(28)25-26-13(27)29-11-2-1-6(5-24-11)14(18,19)20/h1-5H,(H,25,28). The number of nitrogens with zero attached hydrogens (tertiary/aromatic N) is 3. The first-order chi connectivity index (χ1) is 13.4. The quantitative estimate of drug-likeness (QED) is 0.512. The van der Waals surface area contributed by atoms with Gasteiger partial charge in [-0.1, -0.05) is 23.2 Å². The molecule has 3 rings (SSSR count). The highest BCUT2D eigenvalue weighted by molar-refractivity contribution is 7.99. The number of pyridine rings is 1. The number of hydrogen-bond acceptors (Lipinski definition) is 4. The van der Waals surface area contributed by atoms with Crippen molar-refractivity contribution in [2.45, 2.75) is 22.5 Å². The molecule has 2 heterocycles. The van der Waals surface area contributed by atoms with Crippen LogP contribution < -0.4 is 5.69 Å². The molecule has 3 aromatic rings. The van der Waals surface area contributed by atoms with Crippen molar-refractivity contribution in [2.75, 3.05) is 0 Å². The molecule has 0 aliphatic heterocycles. The average Bonchev–Trinajstić information content (AvgIpc) is 2.96. The zero-order chi connectivity index (χ0) is 21.6. The van der Waals surface area contributed by atoms with E-state index >= 15 is 0 Å². The number of aromatic nitrogens is 4. The third-order valence-corrected chi connectivity index (χ3v) is 5.12. The summed E-state index contributed by atoms with van der Waals surface area (Å²) in [7, 11) is 0. The van der Waals surface area contributed by atoms with Crippen molar-refractivity contribution in [1.82, 2.24) is 19.7 Å². The molecule has 0 saturated heterocycles. The summed E-state index contributed by atoms with van der Waals surface area (Å²) in [5, 5.41) is 4.65. The maximum absolute atomic E-state index is 13.4. The topological polar surface area (TPSA) is 63.6 Å². The van der Waals surface area contributed by atoms with E-state index in [2.05, 4.69) is 10.1 Å². The lowest BCUT2D eigenvalue weighted by Gasteiger charge is -2.15. The Kier molecular flexibility index (Phi) is 5.62. The van der Waals surface area contributed by atoms with Gasteiger partial charge in [-0.25, -0.2) is 19.4 Å². The Morgan fingerprint density at radius 1 is 1.00 bits per heavy atom. The predicted molar refractivity (Wildman–Crippen MR) is 92.6 cm³/mol. The van der Waals surface area contributed by atoms with Crippen molar-refractivity contribution in [3.8, 4) is 5.69 Å². The van der Waals surface area contributed by atoms with E-state index in [1.54, 1.807) is 0 Å². The molecule has 0 saturated carbocycles. The van der Waals surface area contributed by atoms with Crippen molar-refractivity contribution >= 4 is 35.0 Å². The molecule has 14 heteroatoms. The highest BCUT2D eigenvalue weighted by Gasteiger charge is 2.36. The number of hydrogen-bond donors (Lipinski definition) is 1. The van der Waals surface area contributed by atoms with Crippen LogP contribution in [0.1, 0.15) is 11.1 Å². The van der Waals surface area contributed by atoms with Crippen LogP contribution in [0.4, 0.5) is 26.3 Å². The molecule has 0 aliphatic carbocycles. The largest absolute Gasteiger partial charge is 0.418 e. The van der Waals surface area contributed by atoms with Crippen molar-refractivity contribution < 1.29 is 26.3 Å². The minimum atomic E-state index is -4.88. The molecule has 0 fully saturated rings. The molecule has 154 valence electrons. The lowest BCUT2D eigenvalue weighted by atomic mass is 10.1. The van der Waals surface area contributed by atoms with Gasteiger partial charge in [0.1, 0.15) is 5.03 Å². The molecule has 1 aromatic carbocycles. The Hall–Kier alpha value is -2.18. The first-order valence-electron chi connectivity index (χ1n) is 7.33. The Bertz CT molecular complexity index is 1110. The monoisotopic (exact) mass is 474 g/mol. The van der Waals surface area contributed by atoms with Crippen molar-refractivity contribution in [3.05, 3.63) is 62.1 Å². The van der Waals surface area contributed by atoms with E-state index in [0.717, 1.165) is 18.2 Å². The lowest BCUT2D eigenvalue weighted by Crippen LogP contribution is -2.20. The minimum absolute atomic E-state index is 0.0353. The van der Waals surface area contributed by atoms with Gasteiger partial charge in [0.25, 0.3) is 0 Å². The summed E-state index contributed by atoms with van der Waals surface area (Å²) in [6.07, 6.45) is -8.93. The van der Waals surface area contributed by atoms with Crippen LogP contribution in [0.25, 0.3) is 5.69 Å². The predicted octanol–water partition coefficient (Wildman–Crippen LogP) is 5.45. The molecule has 0 bridgehead atoms. The molecule has 0 atom stereocenters. The van der Waals surface area contributed by atoms with Gasteiger partial charge in [0.2, 0.25) is 5.16 Å². The third kappa shape index (κ3) is 4.54. The number of halogens is 8. The summed E-state index contributed by atoms with van der Waals surface area (Å²) in [6, 6.07) is 3.14. The lowest BCUT2D eigenvalue weighted by molar-refractivity contribution is -0.138. The fourth-order valence-electron chi connectivity index (χ4n) is 2.21. The van der Waals surface area contributed by atoms with E-state index in [0.29, 0.717) is 28.6 Å². The number of H-pyrrole nitrogens is 1. The van der Waals surface area contributed by atoms with E-state index in [1.807, 2.05) is 5.10 Å². The van der Waals surface area contributed by atoms with Gasteiger partial charge in [0, 0.05) is 6.20 Å². The Balaban J connectivity index is 2.08. The first-order valence-corrected chi connectivity index (χ1v) is 8.90. The molecular weight excluding hydrogens is 469 g/mol. The van der Waals surface area contributed by atoms with Crippen LogP contribution in [-0.4, -0.2) is 19.7 Å². The summed E-state index contributed by atoms with van der Waals surface area (Å²) in [5.74, 6) is 0. The molecular formula is C15H6Cl2F6N4OS. The van der Waals surface area contributed by atoms with Gasteiger partial charge in [-0.15, -0.1) is 5.10 Å². The first kappa shape index (κ1) is 21.5. The number of rotatable bonds is 3. The van der Waals surface area contributed by atoms with E-state index in [9.17, 15) is 31.1 Å². The zero-order valence-electron chi connectivity index (χ0n) is 13.6. The Morgan fingerprint density at radius 2 is 1.66 bits per heavy atom. The van der Waals surface area contributed by atoms with Crippen LogP contribution in [0.2, 0.25) is 10.0 Å². The van der Waals surface area contributed by atoms with E-state index in [-0.39, 0.29) is 20.2 Å². The second kappa shape index (κ2) is 7.58. The number of benzene rings is 1. The molecule has 29 heavy (non-hydrogen) atoms. The van der Waals surface area contributed by atoms with Crippen LogP contribution in [0, 0.1) is 0 Å². The summed E-state index contributed by atoms with van der Waals surface area (Å²) in [5.41, 5.74) is -3.94. The summed E-state index contributed by atoms with van der Waals surface area (Å²) < 4.78 is 78.7. The fourth-order valence-corrected chi connectivity index (χ4v) is 3.33. The van der Waals surface area contributed by atoms with Crippen molar-refractivity contribution in [3.63, 3.8) is 0 Å². The Morgan fingerprint density at radius 3 is 2.21 bits per heavy atom. The molecule has 0 radical (unpaired) electrons. The normalized spacial score (nSPS) is 12.4. The van der Waals surface area contributed by atoms with Gasteiger partial charge in [0.05, 0.1) is 26.9 Å². The average molecular weight is 475 g/mol. The SMILES string of the molecule is O=c1[nH]nc(Sc2ccc(C(F)(F)F)cn2)n1-c1cc(Cl)c(Cl)cc1C(F)(F)F. The second-order valence-corrected chi connectivity index (χ2v) is 7.21. The smallest absolute Gasteiger partial charge is 0.249 e. The molecule has 5 nitrogen and oxygen atoms in total. The summed E-state index contributed by atoms with van der Waals surface area (Å²) >= 11 is 12.0. The van der Waals surface area contributed by atoms with Gasteiger partial charge in [0.15, 0.2) is 0 Å². The molecule has 0 aliphatic rings. The molecule has 1 N–H and O–H groups in total. The van der Waals surface area contributed by atoms with Gasteiger partial charge >= 0.3 is 18.0 Å². The fraction of sp³-hybridized carbons (Fsp3) is 0.133.